The average Bonchev–Trinajstić information content (AvgIpc) is 3.11. The van der Waals surface area contributed by atoms with Crippen molar-refractivity contribution in [3.05, 3.63) is 75.6 Å². The summed E-state index contributed by atoms with van der Waals surface area (Å²) in [5.41, 5.74) is 5.54. The highest BCUT2D eigenvalue weighted by Crippen LogP contribution is 2.22. The van der Waals surface area contributed by atoms with Gasteiger partial charge in [-0.2, -0.15) is 5.10 Å². The van der Waals surface area contributed by atoms with E-state index in [4.69, 9.17) is 4.42 Å². The first-order valence-electron chi connectivity index (χ1n) is 8.08. The first kappa shape index (κ1) is 18.2. The molecule has 0 radical (unpaired) electrons. The Bertz CT molecular complexity index is 900. The van der Waals surface area contributed by atoms with Gasteiger partial charge < -0.3 is 9.73 Å². The molecule has 3 aromatic rings. The van der Waals surface area contributed by atoms with Crippen LogP contribution in [0.25, 0.3) is 11.3 Å². The zero-order valence-electron chi connectivity index (χ0n) is 14.2. The third-order valence-electron chi connectivity index (χ3n) is 3.64. The maximum absolute atomic E-state index is 11.8. The Morgan fingerprint density at radius 2 is 1.81 bits per heavy atom. The predicted molar refractivity (Wildman–Crippen MR) is 112 cm³/mol. The second-order valence-corrected chi connectivity index (χ2v) is 6.97. The van der Waals surface area contributed by atoms with Gasteiger partial charge in [-0.3, -0.25) is 4.79 Å². The minimum atomic E-state index is -0.230. The van der Waals surface area contributed by atoms with E-state index < -0.39 is 0 Å². The Hall–Kier alpha value is -2.61. The predicted octanol–water partition coefficient (Wildman–Crippen LogP) is 4.42. The molecule has 26 heavy (non-hydrogen) atoms. The number of amides is 1. The number of hydrazone groups is 1. The van der Waals surface area contributed by atoms with E-state index in [9.17, 15) is 4.79 Å². The van der Waals surface area contributed by atoms with E-state index in [1.165, 1.54) is 15.3 Å². The molecule has 0 saturated heterocycles. The minimum Gasteiger partial charge on any atom is -0.455 e. The van der Waals surface area contributed by atoms with Crippen LogP contribution in [0.2, 0.25) is 0 Å². The smallest absolute Gasteiger partial charge is 0.259 e. The fourth-order valence-corrected chi connectivity index (χ4v) is 2.61. The van der Waals surface area contributed by atoms with Crippen LogP contribution >= 0.6 is 22.6 Å². The molecule has 3 rings (SSSR count). The number of halogens is 1. The molecular formula is C20H18IN3O2. The highest BCUT2D eigenvalue weighted by Gasteiger charge is 2.04. The number of rotatable bonds is 6. The topological polar surface area (TPSA) is 66.6 Å². The van der Waals surface area contributed by atoms with Crippen LogP contribution in [-0.2, 0) is 4.79 Å². The number of carbonyl (C=O) groups is 1. The third kappa shape index (κ3) is 5.19. The molecule has 0 atom stereocenters. The summed E-state index contributed by atoms with van der Waals surface area (Å²) in [5, 5.41) is 6.97. The number of hydrogen-bond acceptors (Lipinski definition) is 4. The van der Waals surface area contributed by atoms with Gasteiger partial charge >= 0.3 is 0 Å². The van der Waals surface area contributed by atoms with Crippen LogP contribution in [0.4, 0.5) is 5.69 Å². The molecule has 0 spiro atoms. The average molecular weight is 459 g/mol. The Balaban J connectivity index is 1.49. The van der Waals surface area contributed by atoms with Crippen LogP contribution in [0.1, 0.15) is 11.3 Å². The standard InChI is InChI=1S/C20H18IN3O2/c1-14-2-8-17(9-3-14)22-13-20(25)24-23-12-18-10-11-19(26-18)15-4-6-16(21)7-5-15/h2-12,22H,13H2,1H3,(H,24,25). The molecule has 1 aromatic heterocycles. The molecule has 2 aromatic carbocycles. The van der Waals surface area contributed by atoms with Gasteiger partial charge in [-0.1, -0.05) is 29.8 Å². The number of nitrogens with zero attached hydrogens (tertiary/aromatic N) is 1. The van der Waals surface area contributed by atoms with Crippen LogP contribution in [0.15, 0.2) is 70.2 Å². The van der Waals surface area contributed by atoms with Crippen molar-refractivity contribution >= 4 is 40.4 Å². The monoisotopic (exact) mass is 459 g/mol. The van der Waals surface area contributed by atoms with E-state index in [-0.39, 0.29) is 12.5 Å². The first-order valence-corrected chi connectivity index (χ1v) is 9.16. The Labute approximate surface area is 165 Å². The SMILES string of the molecule is Cc1ccc(NCC(=O)NN=Cc2ccc(-c3ccc(I)cc3)o2)cc1. The maximum Gasteiger partial charge on any atom is 0.259 e. The maximum atomic E-state index is 11.8. The zero-order valence-corrected chi connectivity index (χ0v) is 16.4. The summed E-state index contributed by atoms with van der Waals surface area (Å²) < 4.78 is 6.88. The number of benzene rings is 2. The lowest BCUT2D eigenvalue weighted by molar-refractivity contribution is -0.119. The fraction of sp³-hybridized carbons (Fsp3) is 0.100. The molecule has 0 aliphatic heterocycles. The molecular weight excluding hydrogens is 441 g/mol. The van der Waals surface area contributed by atoms with Gasteiger partial charge in [0.15, 0.2) is 0 Å². The molecule has 0 aliphatic carbocycles. The van der Waals surface area contributed by atoms with Gasteiger partial charge in [0.25, 0.3) is 5.91 Å². The molecule has 0 saturated carbocycles. The van der Waals surface area contributed by atoms with Gasteiger partial charge in [0, 0.05) is 14.8 Å². The second kappa shape index (κ2) is 8.66. The molecule has 0 fully saturated rings. The van der Waals surface area contributed by atoms with Crippen LogP contribution in [0.5, 0.6) is 0 Å². The van der Waals surface area contributed by atoms with E-state index in [2.05, 4.69) is 38.4 Å². The number of furan rings is 1. The molecule has 1 heterocycles. The molecule has 6 heteroatoms. The first-order chi connectivity index (χ1) is 12.6. The molecule has 0 bridgehead atoms. The number of anilines is 1. The Morgan fingerprint density at radius 1 is 1.08 bits per heavy atom. The summed E-state index contributed by atoms with van der Waals surface area (Å²) in [6, 6.07) is 19.6. The van der Waals surface area contributed by atoms with Gasteiger partial charge in [0.1, 0.15) is 11.5 Å². The quantitative estimate of drug-likeness (QED) is 0.326. The van der Waals surface area contributed by atoms with Crippen molar-refractivity contribution < 1.29 is 9.21 Å². The number of hydrogen-bond donors (Lipinski definition) is 2. The van der Waals surface area contributed by atoms with Crippen molar-refractivity contribution in [2.24, 2.45) is 5.10 Å². The molecule has 2 N–H and O–H groups in total. The van der Waals surface area contributed by atoms with Gasteiger partial charge in [-0.25, -0.2) is 5.43 Å². The highest BCUT2D eigenvalue weighted by atomic mass is 127. The van der Waals surface area contributed by atoms with Crippen LogP contribution in [-0.4, -0.2) is 18.7 Å². The van der Waals surface area contributed by atoms with Crippen molar-refractivity contribution in [2.45, 2.75) is 6.92 Å². The van der Waals surface area contributed by atoms with Crippen molar-refractivity contribution in [1.82, 2.24) is 5.43 Å². The Kier molecular flexibility index (Phi) is 6.06. The highest BCUT2D eigenvalue weighted by molar-refractivity contribution is 14.1. The molecule has 0 aliphatic rings. The molecule has 1 amide bonds. The van der Waals surface area contributed by atoms with E-state index >= 15 is 0 Å². The van der Waals surface area contributed by atoms with Crippen molar-refractivity contribution in [2.75, 3.05) is 11.9 Å². The van der Waals surface area contributed by atoms with Crippen molar-refractivity contribution in [1.29, 1.82) is 0 Å². The fourth-order valence-electron chi connectivity index (χ4n) is 2.25. The zero-order chi connectivity index (χ0) is 18.4. The third-order valence-corrected chi connectivity index (χ3v) is 4.36. The van der Waals surface area contributed by atoms with Gasteiger partial charge in [-0.15, -0.1) is 0 Å². The van der Waals surface area contributed by atoms with Crippen LogP contribution < -0.4 is 10.7 Å². The summed E-state index contributed by atoms with van der Waals surface area (Å²) in [6.45, 7) is 2.16. The van der Waals surface area contributed by atoms with Gasteiger partial charge in [-0.05, 0) is 65.9 Å². The van der Waals surface area contributed by atoms with Crippen molar-refractivity contribution in [3.63, 3.8) is 0 Å². The van der Waals surface area contributed by atoms with Crippen LogP contribution in [0.3, 0.4) is 0 Å². The molecule has 5 nitrogen and oxygen atoms in total. The van der Waals surface area contributed by atoms with Gasteiger partial charge in [0.2, 0.25) is 0 Å². The number of nitrogens with one attached hydrogen (secondary N) is 2. The molecule has 0 unspecified atom stereocenters. The Morgan fingerprint density at radius 3 is 2.54 bits per heavy atom. The summed E-state index contributed by atoms with van der Waals surface area (Å²) in [6.07, 6.45) is 1.49. The lowest BCUT2D eigenvalue weighted by atomic mass is 10.2. The van der Waals surface area contributed by atoms with E-state index in [0.29, 0.717) is 5.76 Å². The lowest BCUT2D eigenvalue weighted by Crippen LogP contribution is -2.25. The number of carbonyl (C=O) groups excluding carboxylic acids is 1. The second-order valence-electron chi connectivity index (χ2n) is 5.72. The minimum absolute atomic E-state index is 0.145. The summed E-state index contributed by atoms with van der Waals surface area (Å²) in [4.78, 5) is 11.8. The van der Waals surface area contributed by atoms with Gasteiger partial charge in [0.05, 0.1) is 12.8 Å². The summed E-state index contributed by atoms with van der Waals surface area (Å²) in [5.74, 6) is 1.10. The van der Waals surface area contributed by atoms with E-state index in [1.807, 2.05) is 67.6 Å². The van der Waals surface area contributed by atoms with E-state index in [0.717, 1.165) is 17.0 Å². The molecule has 132 valence electrons. The summed E-state index contributed by atoms with van der Waals surface area (Å²) in [7, 11) is 0. The van der Waals surface area contributed by atoms with Crippen molar-refractivity contribution in [3.8, 4) is 11.3 Å². The number of aryl methyl sites for hydroxylation is 1. The largest absolute Gasteiger partial charge is 0.455 e. The van der Waals surface area contributed by atoms with E-state index in [1.54, 1.807) is 0 Å². The van der Waals surface area contributed by atoms with Crippen LogP contribution in [0, 0.1) is 10.5 Å². The lowest BCUT2D eigenvalue weighted by Gasteiger charge is -2.05. The normalized spacial score (nSPS) is 10.8. The summed E-state index contributed by atoms with van der Waals surface area (Å²) >= 11 is 2.26.